The maximum Gasteiger partial charge on any atom is 0.358 e. The van der Waals surface area contributed by atoms with Gasteiger partial charge < -0.3 is 14.7 Å². The first-order valence-corrected chi connectivity index (χ1v) is 5.37. The molecule has 94 valence electrons. The normalized spacial score (nSPS) is 10.6. The lowest BCUT2D eigenvalue weighted by Crippen LogP contribution is -2.36. The zero-order chi connectivity index (χ0) is 12.8. The Morgan fingerprint density at radius 1 is 1.47 bits per heavy atom. The van der Waals surface area contributed by atoms with Crippen LogP contribution in [-0.2, 0) is 4.74 Å². The van der Waals surface area contributed by atoms with Gasteiger partial charge in [0.25, 0.3) is 0 Å². The van der Waals surface area contributed by atoms with Gasteiger partial charge in [0.1, 0.15) is 0 Å². The van der Waals surface area contributed by atoms with E-state index in [1.807, 2.05) is 18.7 Å². The summed E-state index contributed by atoms with van der Waals surface area (Å²) in [7, 11) is 1.60. The average Bonchev–Trinajstić information content (AvgIpc) is 2.29. The smallest absolute Gasteiger partial charge is 0.358 e. The Labute approximate surface area is 100 Å². The highest BCUT2D eigenvalue weighted by atomic mass is 16.5. The number of ether oxygens (including phenoxy) is 1. The predicted molar refractivity (Wildman–Crippen MR) is 63.3 cm³/mol. The van der Waals surface area contributed by atoms with Gasteiger partial charge >= 0.3 is 5.97 Å². The van der Waals surface area contributed by atoms with E-state index in [0.717, 1.165) is 0 Å². The fourth-order valence-corrected chi connectivity index (χ4v) is 1.49. The highest BCUT2D eigenvalue weighted by Gasteiger charge is 2.20. The Kier molecular flexibility index (Phi) is 4.84. The number of anilines is 1. The number of hydrogen-bond donors (Lipinski definition) is 1. The van der Waals surface area contributed by atoms with E-state index >= 15 is 0 Å². The average molecular weight is 239 g/mol. The van der Waals surface area contributed by atoms with Crippen molar-refractivity contribution in [2.45, 2.75) is 19.9 Å². The number of carboxylic acids is 1. The van der Waals surface area contributed by atoms with Crippen LogP contribution in [0.4, 0.5) is 5.82 Å². The van der Waals surface area contributed by atoms with Crippen molar-refractivity contribution >= 4 is 11.8 Å². The van der Waals surface area contributed by atoms with Crippen LogP contribution in [0.2, 0.25) is 0 Å². The number of aromatic carboxylic acids is 1. The minimum atomic E-state index is -1.07. The van der Waals surface area contributed by atoms with E-state index in [-0.39, 0.29) is 11.7 Å². The zero-order valence-electron chi connectivity index (χ0n) is 10.3. The van der Waals surface area contributed by atoms with Crippen molar-refractivity contribution in [3.05, 3.63) is 18.1 Å². The van der Waals surface area contributed by atoms with Crippen molar-refractivity contribution < 1.29 is 14.6 Å². The second kappa shape index (κ2) is 6.15. The molecular formula is C11H17N3O3. The van der Waals surface area contributed by atoms with E-state index in [9.17, 15) is 4.79 Å². The number of aromatic nitrogens is 2. The van der Waals surface area contributed by atoms with Crippen LogP contribution in [0, 0.1) is 0 Å². The molecule has 0 aliphatic carbocycles. The maximum absolute atomic E-state index is 11.1. The Balaban J connectivity index is 3.04. The summed E-state index contributed by atoms with van der Waals surface area (Å²) in [5.74, 6) is -0.691. The Hall–Kier alpha value is -1.69. The topological polar surface area (TPSA) is 75.5 Å². The molecule has 0 amide bonds. The Morgan fingerprint density at radius 2 is 2.12 bits per heavy atom. The van der Waals surface area contributed by atoms with Gasteiger partial charge in [-0.25, -0.2) is 14.8 Å². The molecule has 0 aromatic carbocycles. The predicted octanol–water partition coefficient (Wildman–Crippen LogP) is 1.04. The summed E-state index contributed by atoms with van der Waals surface area (Å²) in [6.07, 6.45) is 2.87. The van der Waals surface area contributed by atoms with Crippen LogP contribution in [0.5, 0.6) is 0 Å². The van der Waals surface area contributed by atoms with E-state index in [0.29, 0.717) is 19.0 Å². The molecule has 6 heteroatoms. The second-order valence-corrected chi connectivity index (χ2v) is 3.81. The third-order valence-electron chi connectivity index (χ3n) is 2.31. The lowest BCUT2D eigenvalue weighted by molar-refractivity contribution is 0.0690. The lowest BCUT2D eigenvalue weighted by atomic mass is 10.2. The van der Waals surface area contributed by atoms with Gasteiger partial charge in [-0.2, -0.15) is 0 Å². The van der Waals surface area contributed by atoms with E-state index in [1.54, 1.807) is 7.11 Å². The summed E-state index contributed by atoms with van der Waals surface area (Å²) in [5.41, 5.74) is -0.0303. The first-order valence-electron chi connectivity index (χ1n) is 5.37. The van der Waals surface area contributed by atoms with Crippen LogP contribution in [0.1, 0.15) is 24.3 Å². The molecule has 1 aromatic heterocycles. The molecule has 0 unspecified atom stereocenters. The van der Waals surface area contributed by atoms with Gasteiger partial charge in [0.15, 0.2) is 11.5 Å². The summed E-state index contributed by atoms with van der Waals surface area (Å²) in [6, 6.07) is 0.125. The van der Waals surface area contributed by atoms with Crippen molar-refractivity contribution in [3.8, 4) is 0 Å². The molecule has 0 spiro atoms. The minimum Gasteiger partial charge on any atom is -0.476 e. The molecule has 0 aliphatic heterocycles. The number of hydrogen-bond acceptors (Lipinski definition) is 5. The minimum absolute atomic E-state index is 0.0303. The highest BCUT2D eigenvalue weighted by molar-refractivity contribution is 5.90. The number of nitrogens with zero attached hydrogens (tertiary/aromatic N) is 3. The molecule has 0 aliphatic rings. The largest absolute Gasteiger partial charge is 0.476 e. The zero-order valence-corrected chi connectivity index (χ0v) is 10.3. The first-order chi connectivity index (χ1) is 8.07. The fraction of sp³-hybridized carbons (Fsp3) is 0.545. The van der Waals surface area contributed by atoms with Crippen LogP contribution in [0.25, 0.3) is 0 Å². The molecule has 0 saturated heterocycles. The van der Waals surface area contributed by atoms with Gasteiger partial charge in [-0.15, -0.1) is 0 Å². The van der Waals surface area contributed by atoms with Crippen molar-refractivity contribution in [1.82, 2.24) is 9.97 Å². The molecule has 17 heavy (non-hydrogen) atoms. The summed E-state index contributed by atoms with van der Waals surface area (Å²) >= 11 is 0. The van der Waals surface area contributed by atoms with E-state index < -0.39 is 5.97 Å². The van der Waals surface area contributed by atoms with Crippen LogP contribution < -0.4 is 4.90 Å². The van der Waals surface area contributed by atoms with Gasteiger partial charge in [0.05, 0.1) is 6.61 Å². The van der Waals surface area contributed by atoms with Crippen LogP contribution >= 0.6 is 0 Å². The molecule has 0 radical (unpaired) electrons. The molecule has 1 heterocycles. The van der Waals surface area contributed by atoms with Crippen molar-refractivity contribution in [3.63, 3.8) is 0 Å². The highest BCUT2D eigenvalue weighted by Crippen LogP contribution is 2.17. The van der Waals surface area contributed by atoms with Gasteiger partial charge in [-0.05, 0) is 13.8 Å². The van der Waals surface area contributed by atoms with Crippen LogP contribution in [-0.4, -0.2) is 47.3 Å². The van der Waals surface area contributed by atoms with Crippen molar-refractivity contribution in [2.75, 3.05) is 25.2 Å². The summed E-state index contributed by atoms with van der Waals surface area (Å²) in [6.45, 7) is 5.02. The standard InChI is InChI=1S/C11H17N3O3/c1-8(2)14(6-7-17-3)10-9(11(15)16)12-4-5-13-10/h4-5,8H,6-7H2,1-3H3,(H,15,16). The van der Waals surface area contributed by atoms with E-state index in [4.69, 9.17) is 9.84 Å². The SMILES string of the molecule is COCCN(c1nccnc1C(=O)O)C(C)C. The second-order valence-electron chi connectivity index (χ2n) is 3.81. The molecule has 1 rings (SSSR count). The monoisotopic (exact) mass is 239 g/mol. The molecule has 0 fully saturated rings. The van der Waals surface area contributed by atoms with Crippen LogP contribution in [0.3, 0.4) is 0 Å². The Morgan fingerprint density at radius 3 is 2.65 bits per heavy atom. The molecular weight excluding hydrogens is 222 g/mol. The van der Waals surface area contributed by atoms with Crippen molar-refractivity contribution in [2.24, 2.45) is 0 Å². The number of methoxy groups -OCH3 is 1. The summed E-state index contributed by atoms with van der Waals surface area (Å²) < 4.78 is 5.01. The molecule has 0 bridgehead atoms. The van der Waals surface area contributed by atoms with E-state index in [1.165, 1.54) is 12.4 Å². The molecule has 1 aromatic rings. The van der Waals surface area contributed by atoms with Gasteiger partial charge in [-0.1, -0.05) is 0 Å². The molecule has 0 atom stereocenters. The Bertz CT molecular complexity index is 382. The van der Waals surface area contributed by atoms with Gasteiger partial charge in [0, 0.05) is 32.1 Å². The third kappa shape index (κ3) is 3.39. The quantitative estimate of drug-likeness (QED) is 0.799. The first kappa shape index (κ1) is 13.4. The number of rotatable bonds is 6. The molecule has 6 nitrogen and oxygen atoms in total. The van der Waals surface area contributed by atoms with E-state index in [2.05, 4.69) is 9.97 Å². The maximum atomic E-state index is 11.1. The van der Waals surface area contributed by atoms with Gasteiger partial charge in [0.2, 0.25) is 0 Å². The number of carbonyl (C=O) groups is 1. The van der Waals surface area contributed by atoms with Crippen molar-refractivity contribution in [1.29, 1.82) is 0 Å². The summed E-state index contributed by atoms with van der Waals surface area (Å²) in [4.78, 5) is 20.9. The molecule has 1 N–H and O–H groups in total. The number of carboxylic acid groups (broad SMARTS) is 1. The fourth-order valence-electron chi connectivity index (χ4n) is 1.49. The van der Waals surface area contributed by atoms with Crippen LogP contribution in [0.15, 0.2) is 12.4 Å². The lowest BCUT2D eigenvalue weighted by Gasteiger charge is -2.28. The molecule has 0 saturated carbocycles. The van der Waals surface area contributed by atoms with Gasteiger partial charge in [-0.3, -0.25) is 0 Å². The summed E-state index contributed by atoms with van der Waals surface area (Å²) in [5, 5.41) is 9.06. The third-order valence-corrected chi connectivity index (χ3v) is 2.31.